The van der Waals surface area contributed by atoms with Crippen molar-refractivity contribution in [2.45, 2.75) is 31.2 Å². The second kappa shape index (κ2) is 7.46. The van der Waals surface area contributed by atoms with Gasteiger partial charge in [0.25, 0.3) is 0 Å². The summed E-state index contributed by atoms with van der Waals surface area (Å²) in [6, 6.07) is 0. The average Bonchev–Trinajstić information content (AvgIpc) is 2.88. The van der Waals surface area contributed by atoms with Gasteiger partial charge in [0.05, 0.1) is 5.92 Å². The maximum Gasteiger partial charge on any atom is 0.228 e. The predicted octanol–water partition coefficient (Wildman–Crippen LogP) is 0.649. The van der Waals surface area contributed by atoms with Crippen LogP contribution in [-0.2, 0) is 9.59 Å². The number of amides is 2. The molecule has 2 amide bonds. The van der Waals surface area contributed by atoms with E-state index in [1.54, 1.807) is 11.0 Å². The third kappa shape index (κ3) is 3.75. The van der Waals surface area contributed by atoms with Gasteiger partial charge in [-0.25, -0.2) is 0 Å². The van der Waals surface area contributed by atoms with Crippen LogP contribution in [-0.4, -0.2) is 96.9 Å². The van der Waals surface area contributed by atoms with Gasteiger partial charge in [0, 0.05) is 44.7 Å². The zero-order chi connectivity index (χ0) is 18.0. The van der Waals surface area contributed by atoms with E-state index >= 15 is 0 Å². The van der Waals surface area contributed by atoms with E-state index in [1.165, 1.54) is 0 Å². The van der Waals surface area contributed by atoms with Gasteiger partial charge in [0.2, 0.25) is 11.8 Å². The van der Waals surface area contributed by atoms with Crippen molar-refractivity contribution >= 4 is 11.8 Å². The summed E-state index contributed by atoms with van der Waals surface area (Å²) in [4.78, 5) is 33.9. The molecule has 1 atom stereocenters. The Morgan fingerprint density at radius 1 is 1.24 bits per heavy atom. The smallest absolute Gasteiger partial charge is 0.228 e. The number of rotatable bonds is 3. The molecular formula is C19H32N4O2. The summed E-state index contributed by atoms with van der Waals surface area (Å²) in [7, 11) is 4.38. The molecule has 0 N–H and O–H groups in total. The number of hydrogen-bond donors (Lipinski definition) is 0. The van der Waals surface area contributed by atoms with E-state index in [4.69, 9.17) is 0 Å². The average molecular weight is 348 g/mol. The van der Waals surface area contributed by atoms with Crippen molar-refractivity contribution in [1.29, 1.82) is 0 Å². The van der Waals surface area contributed by atoms with E-state index in [1.807, 2.05) is 0 Å². The van der Waals surface area contributed by atoms with Gasteiger partial charge in [-0.3, -0.25) is 14.5 Å². The SMILES string of the molecule is C=CCN1C[C@@H](C(=O)N2CCCN(C)C3(CCN(C)CC3)C2)CC1=O. The molecule has 6 heteroatoms. The predicted molar refractivity (Wildman–Crippen MR) is 98.2 cm³/mol. The highest BCUT2D eigenvalue weighted by Gasteiger charge is 2.43. The summed E-state index contributed by atoms with van der Waals surface area (Å²) in [5.41, 5.74) is 0.0993. The summed E-state index contributed by atoms with van der Waals surface area (Å²) in [5.74, 6) is 0.0758. The minimum absolute atomic E-state index is 0.0826. The molecule has 0 radical (unpaired) electrons. The van der Waals surface area contributed by atoms with Crippen molar-refractivity contribution in [3.63, 3.8) is 0 Å². The molecule has 0 aliphatic carbocycles. The molecule has 0 aromatic rings. The Morgan fingerprint density at radius 3 is 2.64 bits per heavy atom. The lowest BCUT2D eigenvalue weighted by molar-refractivity contribution is -0.137. The van der Waals surface area contributed by atoms with Crippen molar-refractivity contribution in [3.05, 3.63) is 12.7 Å². The molecule has 0 bridgehead atoms. The van der Waals surface area contributed by atoms with E-state index in [0.29, 0.717) is 19.5 Å². The first-order chi connectivity index (χ1) is 11.9. The number of hydrogen-bond acceptors (Lipinski definition) is 4. The Labute approximate surface area is 151 Å². The van der Waals surface area contributed by atoms with Gasteiger partial charge in [-0.2, -0.15) is 0 Å². The quantitative estimate of drug-likeness (QED) is 0.703. The molecule has 0 aromatic carbocycles. The Morgan fingerprint density at radius 2 is 1.96 bits per heavy atom. The molecule has 0 unspecified atom stereocenters. The van der Waals surface area contributed by atoms with Gasteiger partial charge < -0.3 is 14.7 Å². The molecule has 3 fully saturated rings. The van der Waals surface area contributed by atoms with Crippen LogP contribution < -0.4 is 0 Å². The third-order valence-electron chi connectivity index (χ3n) is 6.36. The summed E-state index contributed by atoms with van der Waals surface area (Å²) in [6.45, 7) is 9.63. The Balaban J connectivity index is 1.70. The molecule has 0 saturated carbocycles. The monoisotopic (exact) mass is 348 g/mol. The second-order valence-electron chi connectivity index (χ2n) is 8.05. The van der Waals surface area contributed by atoms with Crippen LogP contribution in [0, 0.1) is 5.92 Å². The van der Waals surface area contributed by atoms with Crippen molar-refractivity contribution in [1.82, 2.24) is 19.6 Å². The van der Waals surface area contributed by atoms with Crippen LogP contribution in [0.5, 0.6) is 0 Å². The van der Waals surface area contributed by atoms with Gasteiger partial charge in [0.1, 0.15) is 0 Å². The minimum atomic E-state index is -0.181. The molecule has 140 valence electrons. The number of carbonyl (C=O) groups is 2. The highest BCUT2D eigenvalue weighted by Crippen LogP contribution is 2.32. The van der Waals surface area contributed by atoms with Crippen molar-refractivity contribution in [3.8, 4) is 0 Å². The zero-order valence-electron chi connectivity index (χ0n) is 15.7. The molecule has 3 saturated heterocycles. The Bertz CT molecular complexity index is 528. The van der Waals surface area contributed by atoms with E-state index in [0.717, 1.165) is 52.0 Å². The maximum atomic E-state index is 13.1. The fraction of sp³-hybridized carbons (Fsp3) is 0.789. The van der Waals surface area contributed by atoms with Crippen molar-refractivity contribution in [2.75, 3.05) is 59.9 Å². The topological polar surface area (TPSA) is 47.1 Å². The molecule has 25 heavy (non-hydrogen) atoms. The summed E-state index contributed by atoms with van der Waals surface area (Å²) in [6.07, 6.45) is 5.32. The van der Waals surface area contributed by atoms with Gasteiger partial charge in [0.15, 0.2) is 0 Å². The Kier molecular flexibility index (Phi) is 5.49. The first-order valence-electron chi connectivity index (χ1n) is 9.52. The molecular weight excluding hydrogens is 316 g/mol. The highest BCUT2D eigenvalue weighted by atomic mass is 16.2. The molecule has 3 aliphatic heterocycles. The van der Waals surface area contributed by atoms with Crippen LogP contribution in [0.15, 0.2) is 12.7 Å². The lowest BCUT2D eigenvalue weighted by Gasteiger charge is -2.47. The number of piperidine rings is 1. The lowest BCUT2D eigenvalue weighted by atomic mass is 9.85. The fourth-order valence-electron chi connectivity index (χ4n) is 4.58. The van der Waals surface area contributed by atoms with Crippen molar-refractivity contribution < 1.29 is 9.59 Å². The van der Waals surface area contributed by atoms with E-state index in [9.17, 15) is 9.59 Å². The molecule has 3 heterocycles. The van der Waals surface area contributed by atoms with Crippen LogP contribution in [0.2, 0.25) is 0 Å². The van der Waals surface area contributed by atoms with Crippen LogP contribution in [0.4, 0.5) is 0 Å². The number of likely N-dealkylation sites (N-methyl/N-ethyl adjacent to an activating group) is 1. The van der Waals surface area contributed by atoms with E-state index in [-0.39, 0.29) is 23.3 Å². The maximum absolute atomic E-state index is 13.1. The lowest BCUT2D eigenvalue weighted by Crippen LogP contribution is -2.58. The molecule has 1 spiro atoms. The number of likely N-dealkylation sites (tertiary alicyclic amines) is 2. The fourth-order valence-corrected chi connectivity index (χ4v) is 4.58. The second-order valence-corrected chi connectivity index (χ2v) is 8.05. The van der Waals surface area contributed by atoms with Crippen LogP contribution in [0.25, 0.3) is 0 Å². The first kappa shape index (κ1) is 18.4. The number of nitrogens with zero attached hydrogens (tertiary/aromatic N) is 4. The van der Waals surface area contributed by atoms with Crippen LogP contribution in [0.3, 0.4) is 0 Å². The standard InChI is InChI=1S/C19H32N4O2/c1-4-8-22-14-16(13-17(22)24)18(25)23-10-5-9-21(3)19(15-23)6-11-20(2)12-7-19/h4,16H,1,5-15H2,2-3H3/t16-/m0/s1. The first-order valence-corrected chi connectivity index (χ1v) is 9.52. The van der Waals surface area contributed by atoms with E-state index < -0.39 is 0 Å². The van der Waals surface area contributed by atoms with Gasteiger partial charge in [-0.15, -0.1) is 6.58 Å². The van der Waals surface area contributed by atoms with Gasteiger partial charge in [-0.05, 0) is 46.4 Å². The molecule has 0 aromatic heterocycles. The third-order valence-corrected chi connectivity index (χ3v) is 6.36. The summed E-state index contributed by atoms with van der Waals surface area (Å²) < 4.78 is 0. The number of carbonyl (C=O) groups excluding carboxylic acids is 2. The normalized spacial score (nSPS) is 28.4. The molecule has 3 aliphatic rings. The Hall–Kier alpha value is -1.40. The molecule has 3 rings (SSSR count). The van der Waals surface area contributed by atoms with Crippen LogP contribution in [0.1, 0.15) is 25.7 Å². The summed E-state index contributed by atoms with van der Waals surface area (Å²) in [5, 5.41) is 0. The van der Waals surface area contributed by atoms with Crippen molar-refractivity contribution in [2.24, 2.45) is 5.92 Å². The van der Waals surface area contributed by atoms with Gasteiger partial charge in [-0.1, -0.05) is 6.08 Å². The van der Waals surface area contributed by atoms with Crippen LogP contribution >= 0.6 is 0 Å². The summed E-state index contributed by atoms with van der Waals surface area (Å²) >= 11 is 0. The zero-order valence-corrected chi connectivity index (χ0v) is 15.7. The highest BCUT2D eigenvalue weighted by molar-refractivity contribution is 5.89. The van der Waals surface area contributed by atoms with Gasteiger partial charge >= 0.3 is 0 Å². The largest absolute Gasteiger partial charge is 0.340 e. The molecule has 6 nitrogen and oxygen atoms in total. The minimum Gasteiger partial charge on any atom is -0.340 e. The van der Waals surface area contributed by atoms with E-state index in [2.05, 4.69) is 35.4 Å².